The van der Waals surface area contributed by atoms with Gasteiger partial charge in [0.15, 0.2) is 0 Å². The second kappa shape index (κ2) is 7.89. The number of nitrogens with zero attached hydrogens (tertiary/aromatic N) is 1. The standard InChI is InChI=1S/C13H22BrN/c1-6-8-15(11(3)4)10-13(7-2)9-12(5)14/h6-7,9,11H,1,8,10H2,2-5H3/b12-9+,13-7+. The average molecular weight is 272 g/mol. The van der Waals surface area contributed by atoms with Crippen molar-refractivity contribution in [3.8, 4) is 0 Å². The Morgan fingerprint density at radius 1 is 1.47 bits per heavy atom. The Bertz CT molecular complexity index is 247. The van der Waals surface area contributed by atoms with Gasteiger partial charge in [0.2, 0.25) is 0 Å². The minimum Gasteiger partial charge on any atom is -0.293 e. The quantitative estimate of drug-likeness (QED) is 0.519. The maximum absolute atomic E-state index is 3.79. The molecule has 0 spiro atoms. The van der Waals surface area contributed by atoms with Crippen molar-refractivity contribution in [3.05, 3.63) is 34.9 Å². The van der Waals surface area contributed by atoms with Gasteiger partial charge in [0.1, 0.15) is 0 Å². The van der Waals surface area contributed by atoms with E-state index < -0.39 is 0 Å². The van der Waals surface area contributed by atoms with Gasteiger partial charge in [-0.3, -0.25) is 4.90 Å². The van der Waals surface area contributed by atoms with Crippen LogP contribution in [0.5, 0.6) is 0 Å². The fraction of sp³-hybridized carbons (Fsp3) is 0.538. The Labute approximate surface area is 103 Å². The smallest absolute Gasteiger partial charge is 0.0236 e. The van der Waals surface area contributed by atoms with Gasteiger partial charge in [0.05, 0.1) is 0 Å². The van der Waals surface area contributed by atoms with Gasteiger partial charge >= 0.3 is 0 Å². The van der Waals surface area contributed by atoms with Crippen molar-refractivity contribution in [2.45, 2.75) is 33.7 Å². The molecule has 86 valence electrons. The van der Waals surface area contributed by atoms with Crippen LogP contribution < -0.4 is 0 Å². The molecule has 0 saturated carbocycles. The molecular formula is C13H22BrN. The first-order valence-corrected chi connectivity index (χ1v) is 6.14. The van der Waals surface area contributed by atoms with Gasteiger partial charge in [-0.15, -0.1) is 6.58 Å². The van der Waals surface area contributed by atoms with E-state index in [0.29, 0.717) is 6.04 Å². The second-order valence-electron chi connectivity index (χ2n) is 3.91. The molecule has 15 heavy (non-hydrogen) atoms. The van der Waals surface area contributed by atoms with Gasteiger partial charge < -0.3 is 0 Å². The molecule has 0 amide bonds. The van der Waals surface area contributed by atoms with E-state index in [1.165, 1.54) is 5.57 Å². The predicted octanol–water partition coefficient (Wildman–Crippen LogP) is 4.13. The number of hydrogen-bond acceptors (Lipinski definition) is 1. The SMILES string of the molecule is C=CCN(CC(/C=C(\C)Br)=C/C)C(C)C. The summed E-state index contributed by atoms with van der Waals surface area (Å²) in [7, 11) is 0. The van der Waals surface area contributed by atoms with Crippen molar-refractivity contribution in [1.82, 2.24) is 4.90 Å². The van der Waals surface area contributed by atoms with Crippen LogP contribution in [0.4, 0.5) is 0 Å². The van der Waals surface area contributed by atoms with Crippen molar-refractivity contribution in [1.29, 1.82) is 0 Å². The summed E-state index contributed by atoms with van der Waals surface area (Å²) in [6.07, 6.45) is 6.28. The summed E-state index contributed by atoms with van der Waals surface area (Å²) in [6.45, 7) is 14.3. The van der Waals surface area contributed by atoms with Gasteiger partial charge in [-0.1, -0.05) is 28.1 Å². The Hall–Kier alpha value is -0.340. The molecule has 0 bridgehead atoms. The molecule has 2 heteroatoms. The molecule has 0 radical (unpaired) electrons. The first-order chi connectivity index (χ1) is 7.01. The molecule has 0 N–H and O–H groups in total. The molecule has 0 unspecified atom stereocenters. The van der Waals surface area contributed by atoms with E-state index in [4.69, 9.17) is 0 Å². The highest BCUT2D eigenvalue weighted by Crippen LogP contribution is 2.11. The van der Waals surface area contributed by atoms with Crippen LogP contribution >= 0.6 is 15.9 Å². The zero-order chi connectivity index (χ0) is 11.8. The summed E-state index contributed by atoms with van der Waals surface area (Å²) in [5.74, 6) is 0. The highest BCUT2D eigenvalue weighted by molar-refractivity contribution is 9.11. The summed E-state index contributed by atoms with van der Waals surface area (Å²) in [4.78, 5) is 2.38. The van der Waals surface area contributed by atoms with Gasteiger partial charge in [-0.25, -0.2) is 0 Å². The highest BCUT2D eigenvalue weighted by Gasteiger charge is 2.08. The van der Waals surface area contributed by atoms with Crippen LogP contribution in [0.1, 0.15) is 27.7 Å². The minimum absolute atomic E-state index is 0.544. The van der Waals surface area contributed by atoms with E-state index in [-0.39, 0.29) is 0 Å². The lowest BCUT2D eigenvalue weighted by Gasteiger charge is -2.25. The summed E-state index contributed by atoms with van der Waals surface area (Å²) in [6, 6.07) is 0.544. The normalized spacial score (nSPS) is 13.8. The topological polar surface area (TPSA) is 3.24 Å². The van der Waals surface area contributed by atoms with Crippen molar-refractivity contribution in [3.63, 3.8) is 0 Å². The first kappa shape index (κ1) is 14.7. The third kappa shape index (κ3) is 6.69. The fourth-order valence-electron chi connectivity index (χ4n) is 1.33. The third-order valence-corrected chi connectivity index (χ3v) is 2.46. The predicted molar refractivity (Wildman–Crippen MR) is 73.3 cm³/mol. The van der Waals surface area contributed by atoms with Gasteiger partial charge in [-0.05, 0) is 43.8 Å². The van der Waals surface area contributed by atoms with Crippen LogP contribution in [0.15, 0.2) is 34.9 Å². The molecule has 0 rings (SSSR count). The summed E-state index contributed by atoms with van der Waals surface area (Å²) in [5.41, 5.74) is 1.33. The molecular weight excluding hydrogens is 250 g/mol. The van der Waals surface area contributed by atoms with E-state index in [9.17, 15) is 0 Å². The van der Waals surface area contributed by atoms with E-state index in [1.54, 1.807) is 0 Å². The van der Waals surface area contributed by atoms with Gasteiger partial charge in [-0.2, -0.15) is 0 Å². The van der Waals surface area contributed by atoms with Crippen LogP contribution in [0, 0.1) is 0 Å². The fourth-order valence-corrected chi connectivity index (χ4v) is 1.63. The summed E-state index contributed by atoms with van der Waals surface area (Å²) < 4.78 is 1.16. The minimum atomic E-state index is 0.544. The Kier molecular flexibility index (Phi) is 7.71. The molecule has 0 aliphatic heterocycles. The van der Waals surface area contributed by atoms with Crippen LogP contribution in [-0.4, -0.2) is 24.0 Å². The number of hydrogen-bond donors (Lipinski definition) is 0. The summed E-state index contributed by atoms with van der Waals surface area (Å²) in [5, 5.41) is 0. The highest BCUT2D eigenvalue weighted by atomic mass is 79.9. The molecule has 0 aliphatic rings. The van der Waals surface area contributed by atoms with E-state index >= 15 is 0 Å². The molecule has 0 saturated heterocycles. The van der Waals surface area contributed by atoms with Gasteiger partial charge in [0.25, 0.3) is 0 Å². The van der Waals surface area contributed by atoms with E-state index in [0.717, 1.165) is 17.6 Å². The van der Waals surface area contributed by atoms with Crippen LogP contribution in [0.3, 0.4) is 0 Å². The number of allylic oxidation sites excluding steroid dienone is 2. The van der Waals surface area contributed by atoms with Crippen molar-refractivity contribution in [2.24, 2.45) is 0 Å². The molecule has 0 fully saturated rings. The lowest BCUT2D eigenvalue weighted by molar-refractivity contribution is 0.269. The lowest BCUT2D eigenvalue weighted by Crippen LogP contribution is -2.32. The lowest BCUT2D eigenvalue weighted by atomic mass is 10.2. The van der Waals surface area contributed by atoms with Crippen molar-refractivity contribution in [2.75, 3.05) is 13.1 Å². The van der Waals surface area contributed by atoms with Crippen molar-refractivity contribution >= 4 is 15.9 Å². The third-order valence-electron chi connectivity index (χ3n) is 2.23. The second-order valence-corrected chi connectivity index (χ2v) is 5.16. The zero-order valence-electron chi connectivity index (χ0n) is 10.3. The Morgan fingerprint density at radius 2 is 2.07 bits per heavy atom. The number of halogens is 1. The largest absolute Gasteiger partial charge is 0.293 e. The van der Waals surface area contributed by atoms with Crippen LogP contribution in [0.2, 0.25) is 0 Å². The Balaban J connectivity index is 4.50. The molecule has 0 atom stereocenters. The number of rotatable bonds is 6. The van der Waals surface area contributed by atoms with E-state index in [1.807, 2.05) is 6.08 Å². The Morgan fingerprint density at radius 3 is 2.40 bits per heavy atom. The molecule has 0 aromatic rings. The van der Waals surface area contributed by atoms with Gasteiger partial charge in [0, 0.05) is 19.1 Å². The molecule has 1 nitrogen and oxygen atoms in total. The molecule has 0 aliphatic carbocycles. The first-order valence-electron chi connectivity index (χ1n) is 5.35. The maximum Gasteiger partial charge on any atom is 0.0236 e. The van der Waals surface area contributed by atoms with Crippen molar-refractivity contribution < 1.29 is 0 Å². The maximum atomic E-state index is 3.79. The van der Waals surface area contributed by atoms with E-state index in [2.05, 4.69) is 67.3 Å². The summed E-state index contributed by atoms with van der Waals surface area (Å²) >= 11 is 3.46. The molecule has 0 heterocycles. The zero-order valence-corrected chi connectivity index (χ0v) is 11.8. The van der Waals surface area contributed by atoms with Crippen LogP contribution in [0.25, 0.3) is 0 Å². The molecule has 0 aromatic heterocycles. The molecule has 0 aromatic carbocycles. The average Bonchev–Trinajstić information content (AvgIpc) is 2.14. The monoisotopic (exact) mass is 271 g/mol. The van der Waals surface area contributed by atoms with Crippen LogP contribution in [-0.2, 0) is 0 Å².